The van der Waals surface area contributed by atoms with Gasteiger partial charge in [0.1, 0.15) is 21.5 Å². The fourth-order valence-corrected chi connectivity index (χ4v) is 1.76. The normalized spacial score (nSPS) is 20.8. The molecule has 2 heterocycles. The van der Waals surface area contributed by atoms with Crippen molar-refractivity contribution < 1.29 is 9.85 Å². The molecular weight excluding hydrogens is 276 g/mol. The Morgan fingerprint density at radius 2 is 1.80 bits per heavy atom. The second-order valence-electron chi connectivity index (χ2n) is 3.87. The Labute approximate surface area is 109 Å². The summed E-state index contributed by atoms with van der Waals surface area (Å²) in [4.78, 5) is 20.5. The first kappa shape index (κ1) is 13.3. The third kappa shape index (κ3) is 1.41. The van der Waals surface area contributed by atoms with Crippen molar-refractivity contribution in [1.29, 1.82) is 0 Å². The molecule has 0 fully saturated rings. The molecule has 2 rings (SSSR count). The van der Waals surface area contributed by atoms with E-state index in [0.717, 1.165) is 4.79 Å². The van der Waals surface area contributed by atoms with Crippen molar-refractivity contribution in [2.75, 3.05) is 16.6 Å². The lowest BCUT2D eigenvalue weighted by atomic mass is 10.1. The summed E-state index contributed by atoms with van der Waals surface area (Å²) in [5.74, 6) is -0.992. The first-order chi connectivity index (χ1) is 9.22. The Morgan fingerprint density at radius 3 is 2.15 bits per heavy atom. The molecular formula is C6H10N10O4. The van der Waals surface area contributed by atoms with Crippen LogP contribution in [0, 0.1) is 20.2 Å². The minimum atomic E-state index is -2.99. The zero-order valence-electron chi connectivity index (χ0n) is 9.78. The van der Waals surface area contributed by atoms with E-state index in [4.69, 9.17) is 22.9 Å². The van der Waals surface area contributed by atoms with E-state index in [1.165, 1.54) is 6.07 Å². The molecule has 1 aromatic heterocycles. The lowest BCUT2D eigenvalue weighted by Crippen LogP contribution is -2.68. The maximum absolute atomic E-state index is 11.1. The van der Waals surface area contributed by atoms with Gasteiger partial charge in [0.15, 0.2) is 0 Å². The van der Waals surface area contributed by atoms with Crippen LogP contribution in [0.1, 0.15) is 0 Å². The van der Waals surface area contributed by atoms with Gasteiger partial charge in [-0.05, 0) is 0 Å². The highest BCUT2D eigenvalue weighted by molar-refractivity contribution is 5.90. The third-order valence-corrected chi connectivity index (χ3v) is 2.74. The summed E-state index contributed by atoms with van der Waals surface area (Å²) in [5, 5.41) is 29.9. The summed E-state index contributed by atoms with van der Waals surface area (Å²) in [7, 11) is 0. The zero-order valence-corrected chi connectivity index (χ0v) is 9.78. The molecule has 0 aliphatic carbocycles. The van der Waals surface area contributed by atoms with E-state index in [1.54, 1.807) is 0 Å². The molecule has 1 aliphatic rings. The van der Waals surface area contributed by atoms with Crippen LogP contribution < -0.4 is 28.1 Å². The average molecular weight is 286 g/mol. The van der Waals surface area contributed by atoms with Crippen molar-refractivity contribution >= 4 is 17.5 Å². The Hall–Kier alpha value is -3.16. The number of hydrogen-bond donors (Lipinski definition) is 4. The predicted molar refractivity (Wildman–Crippen MR) is 65.6 cm³/mol. The van der Waals surface area contributed by atoms with Crippen LogP contribution in [0.3, 0.4) is 0 Å². The van der Waals surface area contributed by atoms with E-state index >= 15 is 0 Å². The van der Waals surface area contributed by atoms with Gasteiger partial charge in [0.2, 0.25) is 0 Å². The molecule has 20 heavy (non-hydrogen) atoms. The maximum atomic E-state index is 11.1. The van der Waals surface area contributed by atoms with E-state index < -0.39 is 27.5 Å². The van der Waals surface area contributed by atoms with Crippen molar-refractivity contribution in [3.05, 3.63) is 26.3 Å². The Balaban J connectivity index is 2.56. The van der Waals surface area contributed by atoms with Crippen LogP contribution in [0.15, 0.2) is 11.2 Å². The van der Waals surface area contributed by atoms with Crippen molar-refractivity contribution in [2.24, 2.45) is 16.6 Å². The molecule has 0 saturated heterocycles. The molecule has 0 amide bonds. The molecule has 1 aromatic rings. The zero-order chi connectivity index (χ0) is 15.2. The molecule has 0 aromatic carbocycles. The number of rotatable bonds is 3. The molecule has 0 radical (unpaired) electrons. The fourth-order valence-electron chi connectivity index (χ4n) is 1.76. The quantitative estimate of drug-likeness (QED) is 0.247. The molecule has 0 bridgehead atoms. The minimum Gasteiger partial charge on any atom is -0.382 e. The van der Waals surface area contributed by atoms with Gasteiger partial charge in [0, 0.05) is 6.07 Å². The van der Waals surface area contributed by atoms with E-state index in [0.29, 0.717) is 5.12 Å². The van der Waals surface area contributed by atoms with Gasteiger partial charge in [-0.25, -0.2) is 0 Å². The van der Waals surface area contributed by atoms with Crippen molar-refractivity contribution in [2.45, 2.75) is 11.8 Å². The summed E-state index contributed by atoms with van der Waals surface area (Å²) in [6, 6.07) is 1.22. The van der Waals surface area contributed by atoms with Crippen molar-refractivity contribution in [3.8, 4) is 0 Å². The number of nitrogen functional groups attached to an aromatic ring is 2. The standard InChI is InChI=1S/C6H10N10O4/c7-2-1-3(8)13(11-2)14-5(10)6(15(17)18,16(19)20)4(9)12-14/h1,5H,8,10H2,(H2,7,11)(H2,9,12). The molecule has 0 saturated carbocycles. The number of nitro groups is 2. The van der Waals surface area contributed by atoms with Crippen LogP contribution in [0.25, 0.3) is 0 Å². The molecule has 0 spiro atoms. The maximum Gasteiger partial charge on any atom is 0.552 e. The number of hydrogen-bond acceptors (Lipinski definition) is 11. The number of nitrogens with zero attached hydrogens (tertiary/aromatic N) is 6. The summed E-state index contributed by atoms with van der Waals surface area (Å²) in [6.45, 7) is 0. The van der Waals surface area contributed by atoms with Gasteiger partial charge in [-0.2, -0.15) is 0 Å². The minimum absolute atomic E-state index is 0.0248. The van der Waals surface area contributed by atoms with Gasteiger partial charge in [-0.1, -0.05) is 0 Å². The van der Waals surface area contributed by atoms with Gasteiger partial charge >= 0.3 is 5.66 Å². The van der Waals surface area contributed by atoms with E-state index in [-0.39, 0.29) is 11.6 Å². The SMILES string of the molecule is NC1=NN(n2nc(N)cc2N)C(N)C1([N+](=O)[O-])[N+](=O)[O-]. The molecule has 1 aliphatic heterocycles. The molecule has 8 N–H and O–H groups in total. The largest absolute Gasteiger partial charge is 0.552 e. The van der Waals surface area contributed by atoms with Crippen molar-refractivity contribution in [3.63, 3.8) is 0 Å². The highest BCUT2D eigenvalue weighted by atomic mass is 16.7. The van der Waals surface area contributed by atoms with Crippen LogP contribution in [0.2, 0.25) is 0 Å². The van der Waals surface area contributed by atoms with Gasteiger partial charge in [0.25, 0.3) is 12.0 Å². The third-order valence-electron chi connectivity index (χ3n) is 2.74. The topological polar surface area (TPSA) is 224 Å². The Bertz CT molecular complexity index is 607. The fraction of sp³-hybridized carbons (Fsp3) is 0.333. The Morgan fingerprint density at radius 1 is 1.25 bits per heavy atom. The van der Waals surface area contributed by atoms with Gasteiger partial charge < -0.3 is 17.2 Å². The van der Waals surface area contributed by atoms with Crippen LogP contribution >= 0.6 is 0 Å². The smallest absolute Gasteiger partial charge is 0.382 e. The lowest BCUT2D eigenvalue weighted by molar-refractivity contribution is -0.774. The van der Waals surface area contributed by atoms with Gasteiger partial charge in [0.05, 0.1) is 0 Å². The summed E-state index contributed by atoms with van der Waals surface area (Å²) in [5.41, 5.74) is 18.8. The summed E-state index contributed by atoms with van der Waals surface area (Å²) in [6.07, 6.45) is -1.85. The van der Waals surface area contributed by atoms with E-state index in [2.05, 4.69) is 10.2 Å². The highest BCUT2D eigenvalue weighted by Crippen LogP contribution is 2.25. The van der Waals surface area contributed by atoms with Crippen molar-refractivity contribution in [1.82, 2.24) is 9.89 Å². The molecule has 14 nitrogen and oxygen atoms in total. The molecule has 108 valence electrons. The van der Waals surface area contributed by atoms with Crippen LogP contribution in [-0.2, 0) is 0 Å². The number of nitrogens with two attached hydrogens (primary N) is 4. The van der Waals surface area contributed by atoms with Gasteiger partial charge in [-0.3, -0.25) is 26.0 Å². The lowest BCUT2D eigenvalue weighted by Gasteiger charge is -2.21. The summed E-state index contributed by atoms with van der Waals surface area (Å²) < 4.78 is 0. The second kappa shape index (κ2) is 3.92. The van der Waals surface area contributed by atoms with Crippen LogP contribution in [-0.4, -0.2) is 37.4 Å². The highest BCUT2D eigenvalue weighted by Gasteiger charge is 2.73. The summed E-state index contributed by atoms with van der Waals surface area (Å²) >= 11 is 0. The number of anilines is 2. The van der Waals surface area contributed by atoms with E-state index in [1.807, 2.05) is 0 Å². The second-order valence-corrected chi connectivity index (χ2v) is 3.87. The first-order valence-corrected chi connectivity index (χ1v) is 5.02. The first-order valence-electron chi connectivity index (χ1n) is 5.02. The average Bonchev–Trinajstić information content (AvgIpc) is 2.77. The molecule has 1 unspecified atom stereocenters. The van der Waals surface area contributed by atoms with Crippen LogP contribution in [0.5, 0.6) is 0 Å². The molecule has 14 heteroatoms. The predicted octanol–water partition coefficient (Wildman–Crippen LogP) is -3.19. The Kier molecular flexibility index (Phi) is 2.60. The van der Waals surface area contributed by atoms with Crippen LogP contribution in [0.4, 0.5) is 11.6 Å². The monoisotopic (exact) mass is 286 g/mol. The van der Waals surface area contributed by atoms with E-state index in [9.17, 15) is 20.2 Å². The number of hydrazone groups is 1. The number of amidine groups is 1. The van der Waals surface area contributed by atoms with Gasteiger partial charge in [-0.15, -0.1) is 20.1 Å². The number of aromatic nitrogens is 2. The molecule has 1 atom stereocenters.